The summed E-state index contributed by atoms with van der Waals surface area (Å²) in [5, 5.41) is 0. The molecule has 1 aliphatic carbocycles. The van der Waals surface area contributed by atoms with Gasteiger partial charge in [-0.25, -0.2) is 4.98 Å². The van der Waals surface area contributed by atoms with Crippen LogP contribution in [0.25, 0.3) is 0 Å². The summed E-state index contributed by atoms with van der Waals surface area (Å²) in [6, 6.07) is 3.91. The number of hydrogen-bond acceptors (Lipinski definition) is 6. The molecule has 0 amide bonds. The number of ether oxygens (including phenoxy) is 3. The van der Waals surface area contributed by atoms with Gasteiger partial charge in [0.1, 0.15) is 5.82 Å². The van der Waals surface area contributed by atoms with Crippen molar-refractivity contribution in [2.24, 2.45) is 0 Å². The van der Waals surface area contributed by atoms with Crippen LogP contribution in [0, 0.1) is 0 Å². The molecule has 1 aromatic carbocycles. The molecule has 1 saturated carbocycles. The first-order valence-corrected chi connectivity index (χ1v) is 10.8. The van der Waals surface area contributed by atoms with Crippen molar-refractivity contribution in [3.8, 4) is 17.2 Å². The number of hydrogen-bond donors (Lipinski definition) is 1. The van der Waals surface area contributed by atoms with Crippen molar-refractivity contribution >= 4 is 0 Å². The second kappa shape index (κ2) is 9.08. The number of aromatic nitrogens is 2. The lowest BCUT2D eigenvalue weighted by atomic mass is 9.88. The topological polar surface area (TPSA) is 76.7 Å². The number of methoxy groups -OCH3 is 3. The maximum atomic E-state index is 12.7. The van der Waals surface area contributed by atoms with Crippen molar-refractivity contribution < 1.29 is 14.2 Å². The van der Waals surface area contributed by atoms with Crippen LogP contribution >= 0.6 is 0 Å². The molecule has 4 rings (SSSR count). The van der Waals surface area contributed by atoms with E-state index in [1.807, 2.05) is 12.1 Å². The first-order valence-electron chi connectivity index (χ1n) is 10.8. The van der Waals surface area contributed by atoms with Crippen molar-refractivity contribution in [1.29, 1.82) is 0 Å². The lowest BCUT2D eigenvalue weighted by Crippen LogP contribution is -2.35. The molecule has 30 heavy (non-hydrogen) atoms. The van der Waals surface area contributed by atoms with Crippen LogP contribution in [0.4, 0.5) is 0 Å². The second-order valence-corrected chi connectivity index (χ2v) is 8.17. The minimum atomic E-state index is 0.0453. The molecule has 0 unspecified atom stereocenters. The van der Waals surface area contributed by atoms with E-state index in [0.717, 1.165) is 42.0 Å². The highest BCUT2D eigenvalue weighted by molar-refractivity contribution is 5.55. The third kappa shape index (κ3) is 4.03. The molecule has 2 heterocycles. The Bertz CT molecular complexity index is 950. The molecule has 0 bridgehead atoms. The predicted octanol–water partition coefficient (Wildman–Crippen LogP) is 3.40. The van der Waals surface area contributed by atoms with Gasteiger partial charge in [-0.3, -0.25) is 9.69 Å². The molecule has 162 valence electrons. The summed E-state index contributed by atoms with van der Waals surface area (Å²) < 4.78 is 16.5. The third-order valence-electron chi connectivity index (χ3n) is 6.34. The van der Waals surface area contributed by atoms with E-state index < -0.39 is 0 Å². The molecule has 1 aliphatic heterocycles. The number of nitrogens with zero attached hydrogens (tertiary/aromatic N) is 2. The van der Waals surface area contributed by atoms with Gasteiger partial charge in [-0.2, -0.15) is 0 Å². The quantitative estimate of drug-likeness (QED) is 0.782. The van der Waals surface area contributed by atoms with Gasteiger partial charge in [-0.05, 0) is 25.3 Å². The lowest BCUT2D eigenvalue weighted by molar-refractivity contribution is 0.234. The van der Waals surface area contributed by atoms with E-state index in [4.69, 9.17) is 19.2 Å². The molecule has 0 saturated heterocycles. The van der Waals surface area contributed by atoms with Crippen LogP contribution in [0.2, 0.25) is 0 Å². The van der Waals surface area contributed by atoms with E-state index in [9.17, 15) is 4.79 Å². The van der Waals surface area contributed by atoms with Crippen LogP contribution in [0.5, 0.6) is 17.2 Å². The standard InChI is InChI=1S/C23H31N3O4/c1-28-19-10-9-16(20(29-2)21(19)30-3)13-26-12-11-17-18(14-26)24-22(25-23(17)27)15-7-5-4-6-8-15/h9-10,15H,4-8,11-14H2,1-3H3,(H,24,25,27). The van der Waals surface area contributed by atoms with E-state index in [-0.39, 0.29) is 5.56 Å². The summed E-state index contributed by atoms with van der Waals surface area (Å²) in [5.74, 6) is 3.20. The summed E-state index contributed by atoms with van der Waals surface area (Å²) in [4.78, 5) is 23.0. The number of aromatic amines is 1. The number of rotatable bonds is 6. The van der Waals surface area contributed by atoms with Crippen LogP contribution < -0.4 is 19.8 Å². The van der Waals surface area contributed by atoms with Crippen molar-refractivity contribution in [1.82, 2.24) is 14.9 Å². The van der Waals surface area contributed by atoms with E-state index in [2.05, 4.69) is 9.88 Å². The average Bonchev–Trinajstić information content (AvgIpc) is 2.79. The van der Waals surface area contributed by atoms with E-state index in [1.54, 1.807) is 21.3 Å². The summed E-state index contributed by atoms with van der Waals surface area (Å²) in [5.41, 5.74) is 2.83. The Morgan fingerprint density at radius 3 is 2.53 bits per heavy atom. The van der Waals surface area contributed by atoms with Crippen molar-refractivity contribution in [3.05, 3.63) is 45.1 Å². The fraction of sp³-hybridized carbons (Fsp3) is 0.565. The highest BCUT2D eigenvalue weighted by Gasteiger charge is 2.26. The molecule has 0 spiro atoms. The minimum absolute atomic E-state index is 0.0453. The van der Waals surface area contributed by atoms with Gasteiger partial charge in [0.15, 0.2) is 11.5 Å². The van der Waals surface area contributed by atoms with E-state index in [1.165, 1.54) is 19.3 Å². The molecule has 7 heteroatoms. The Hall–Kier alpha value is -2.54. The number of fused-ring (bicyclic) bond motifs is 1. The molecular formula is C23H31N3O4. The normalized spacial score (nSPS) is 17.4. The molecule has 0 atom stereocenters. The van der Waals surface area contributed by atoms with Crippen LogP contribution in [-0.2, 0) is 19.5 Å². The Morgan fingerprint density at radius 1 is 1.07 bits per heavy atom. The van der Waals surface area contributed by atoms with Gasteiger partial charge >= 0.3 is 0 Å². The number of benzene rings is 1. The van der Waals surface area contributed by atoms with Crippen molar-refractivity contribution in [2.75, 3.05) is 27.9 Å². The van der Waals surface area contributed by atoms with E-state index in [0.29, 0.717) is 42.7 Å². The van der Waals surface area contributed by atoms with Gasteiger partial charge in [-0.1, -0.05) is 25.3 Å². The fourth-order valence-corrected chi connectivity index (χ4v) is 4.75. The number of nitrogens with one attached hydrogen (secondary N) is 1. The molecule has 2 aliphatic rings. The van der Waals surface area contributed by atoms with Crippen LogP contribution in [0.15, 0.2) is 16.9 Å². The Balaban J connectivity index is 1.57. The Morgan fingerprint density at radius 2 is 1.83 bits per heavy atom. The van der Waals surface area contributed by atoms with Gasteiger partial charge in [-0.15, -0.1) is 0 Å². The van der Waals surface area contributed by atoms with Crippen molar-refractivity contribution in [3.63, 3.8) is 0 Å². The zero-order chi connectivity index (χ0) is 21.1. The molecule has 7 nitrogen and oxygen atoms in total. The van der Waals surface area contributed by atoms with Crippen molar-refractivity contribution in [2.45, 2.75) is 57.5 Å². The van der Waals surface area contributed by atoms with Gasteiger partial charge in [0.25, 0.3) is 5.56 Å². The first-order chi connectivity index (χ1) is 14.6. The molecular weight excluding hydrogens is 382 g/mol. The lowest BCUT2D eigenvalue weighted by Gasteiger charge is -2.29. The highest BCUT2D eigenvalue weighted by Crippen LogP contribution is 2.40. The fourth-order valence-electron chi connectivity index (χ4n) is 4.75. The summed E-state index contributed by atoms with van der Waals surface area (Å²) >= 11 is 0. The van der Waals surface area contributed by atoms with Crippen LogP contribution in [-0.4, -0.2) is 42.7 Å². The molecule has 1 aromatic heterocycles. The zero-order valence-electron chi connectivity index (χ0n) is 18.1. The molecule has 1 fully saturated rings. The largest absolute Gasteiger partial charge is 0.493 e. The monoisotopic (exact) mass is 413 g/mol. The maximum absolute atomic E-state index is 12.7. The number of H-pyrrole nitrogens is 1. The highest BCUT2D eigenvalue weighted by atomic mass is 16.5. The van der Waals surface area contributed by atoms with Gasteiger partial charge in [0.05, 0.1) is 27.0 Å². The molecule has 2 aromatic rings. The summed E-state index contributed by atoms with van der Waals surface area (Å²) in [6.07, 6.45) is 6.67. The maximum Gasteiger partial charge on any atom is 0.254 e. The first kappa shape index (κ1) is 20.7. The minimum Gasteiger partial charge on any atom is -0.493 e. The molecule has 0 radical (unpaired) electrons. The smallest absolute Gasteiger partial charge is 0.254 e. The van der Waals surface area contributed by atoms with Gasteiger partial charge < -0.3 is 19.2 Å². The Kier molecular flexibility index (Phi) is 6.27. The van der Waals surface area contributed by atoms with E-state index >= 15 is 0 Å². The summed E-state index contributed by atoms with van der Waals surface area (Å²) in [6.45, 7) is 2.16. The van der Waals surface area contributed by atoms with Crippen LogP contribution in [0.3, 0.4) is 0 Å². The average molecular weight is 414 g/mol. The SMILES string of the molecule is COc1ccc(CN2CCc3c(nc(C4CCCCC4)[nH]c3=O)C2)c(OC)c1OC. The van der Waals surface area contributed by atoms with Gasteiger partial charge in [0.2, 0.25) is 5.75 Å². The zero-order valence-corrected chi connectivity index (χ0v) is 18.1. The summed E-state index contributed by atoms with van der Waals surface area (Å²) in [7, 11) is 4.87. The molecule has 1 N–H and O–H groups in total. The third-order valence-corrected chi connectivity index (χ3v) is 6.34. The predicted molar refractivity (Wildman–Crippen MR) is 115 cm³/mol. The Labute approximate surface area is 177 Å². The second-order valence-electron chi connectivity index (χ2n) is 8.17. The van der Waals surface area contributed by atoms with Gasteiger partial charge in [0, 0.05) is 36.7 Å². The van der Waals surface area contributed by atoms with Crippen LogP contribution in [0.1, 0.15) is 60.7 Å².